The van der Waals surface area contributed by atoms with Crippen LogP contribution in [-0.4, -0.2) is 24.5 Å². The van der Waals surface area contributed by atoms with Crippen molar-refractivity contribution in [3.05, 3.63) is 0 Å². The number of esters is 1. The quantitative estimate of drug-likeness (QED) is 0.576. The van der Waals surface area contributed by atoms with Crippen molar-refractivity contribution < 1.29 is 14.3 Å². The van der Waals surface area contributed by atoms with Crippen LogP contribution in [0.25, 0.3) is 0 Å². The summed E-state index contributed by atoms with van der Waals surface area (Å²) in [6.07, 6.45) is 4.05. The smallest absolute Gasteiger partial charge is 0.396 e. The number of nitrogens with one attached hydrogen (secondary N) is 1. The Balaban J connectivity index is 2.34. The second kappa shape index (κ2) is 5.32. The molecule has 0 aromatic carbocycles. The molecule has 0 radical (unpaired) electrons. The average Bonchev–Trinajstić information content (AvgIpc) is 2.21. The van der Waals surface area contributed by atoms with Crippen LogP contribution in [0.3, 0.4) is 0 Å². The SMILES string of the molecule is CCOC(=O)C(=O)NC1CCC(C)(C)CC1. The lowest BCUT2D eigenvalue weighted by Gasteiger charge is -2.34. The molecular weight excluding hydrogens is 206 g/mol. The number of ether oxygens (including phenoxy) is 1. The number of hydrogen-bond acceptors (Lipinski definition) is 3. The summed E-state index contributed by atoms with van der Waals surface area (Å²) in [5.74, 6) is -1.38. The fourth-order valence-electron chi connectivity index (χ4n) is 1.98. The monoisotopic (exact) mass is 227 g/mol. The first-order valence-corrected chi connectivity index (χ1v) is 5.92. The molecule has 0 unspecified atom stereocenters. The van der Waals surface area contributed by atoms with Crippen LogP contribution in [0.1, 0.15) is 46.5 Å². The van der Waals surface area contributed by atoms with E-state index in [2.05, 4.69) is 23.9 Å². The first kappa shape index (κ1) is 13.0. The van der Waals surface area contributed by atoms with E-state index in [1.165, 1.54) is 0 Å². The maximum Gasteiger partial charge on any atom is 0.396 e. The summed E-state index contributed by atoms with van der Waals surface area (Å²) in [7, 11) is 0. The third-order valence-electron chi connectivity index (χ3n) is 3.14. The van der Waals surface area contributed by atoms with Gasteiger partial charge in [0.05, 0.1) is 6.61 Å². The summed E-state index contributed by atoms with van der Waals surface area (Å²) in [6.45, 7) is 6.39. The van der Waals surface area contributed by atoms with Gasteiger partial charge in [0.2, 0.25) is 0 Å². The lowest BCUT2D eigenvalue weighted by molar-refractivity contribution is -0.155. The second-order valence-corrected chi connectivity index (χ2v) is 5.13. The van der Waals surface area contributed by atoms with E-state index in [-0.39, 0.29) is 12.6 Å². The van der Waals surface area contributed by atoms with Crippen LogP contribution in [-0.2, 0) is 14.3 Å². The highest BCUT2D eigenvalue weighted by molar-refractivity contribution is 6.32. The summed E-state index contributed by atoms with van der Waals surface area (Å²) < 4.78 is 4.64. The minimum Gasteiger partial charge on any atom is -0.459 e. The Kier molecular flexibility index (Phi) is 4.33. The molecule has 92 valence electrons. The number of hydrogen-bond donors (Lipinski definition) is 1. The molecule has 1 aliphatic rings. The zero-order valence-corrected chi connectivity index (χ0v) is 10.3. The van der Waals surface area contributed by atoms with Crippen LogP contribution in [0.4, 0.5) is 0 Å². The van der Waals surface area contributed by atoms with E-state index in [4.69, 9.17) is 0 Å². The summed E-state index contributed by atoms with van der Waals surface area (Å²) in [4.78, 5) is 22.5. The molecule has 0 aromatic heterocycles. The van der Waals surface area contributed by atoms with Crippen molar-refractivity contribution in [2.45, 2.75) is 52.5 Å². The van der Waals surface area contributed by atoms with E-state index >= 15 is 0 Å². The molecule has 0 heterocycles. The fourth-order valence-corrected chi connectivity index (χ4v) is 1.98. The number of rotatable bonds is 2. The Hall–Kier alpha value is -1.06. The van der Waals surface area contributed by atoms with Crippen molar-refractivity contribution in [2.24, 2.45) is 5.41 Å². The van der Waals surface area contributed by atoms with Gasteiger partial charge in [0, 0.05) is 6.04 Å². The number of carbonyl (C=O) groups excluding carboxylic acids is 2. The second-order valence-electron chi connectivity index (χ2n) is 5.13. The molecule has 0 aliphatic heterocycles. The van der Waals surface area contributed by atoms with Crippen LogP contribution in [0.2, 0.25) is 0 Å². The first-order valence-electron chi connectivity index (χ1n) is 5.92. The lowest BCUT2D eigenvalue weighted by Crippen LogP contribution is -2.43. The van der Waals surface area contributed by atoms with Crippen molar-refractivity contribution in [2.75, 3.05) is 6.61 Å². The van der Waals surface area contributed by atoms with Crippen LogP contribution in [0.15, 0.2) is 0 Å². The predicted molar refractivity (Wildman–Crippen MR) is 60.8 cm³/mol. The lowest BCUT2D eigenvalue weighted by atomic mass is 9.75. The normalized spacial score (nSPS) is 20.2. The van der Waals surface area contributed by atoms with Gasteiger partial charge in [0.1, 0.15) is 0 Å². The topological polar surface area (TPSA) is 55.4 Å². The third kappa shape index (κ3) is 3.83. The number of amides is 1. The molecule has 1 saturated carbocycles. The van der Waals surface area contributed by atoms with Crippen molar-refractivity contribution in [3.8, 4) is 0 Å². The van der Waals surface area contributed by atoms with Crippen molar-refractivity contribution in [3.63, 3.8) is 0 Å². The molecule has 0 atom stereocenters. The van der Waals surface area contributed by atoms with Crippen LogP contribution in [0.5, 0.6) is 0 Å². The van der Waals surface area contributed by atoms with Gasteiger partial charge in [-0.2, -0.15) is 0 Å². The third-order valence-corrected chi connectivity index (χ3v) is 3.14. The van der Waals surface area contributed by atoms with Crippen LogP contribution in [0, 0.1) is 5.41 Å². The van der Waals surface area contributed by atoms with Gasteiger partial charge in [0.25, 0.3) is 0 Å². The summed E-state index contributed by atoms with van der Waals surface area (Å²) >= 11 is 0. The molecule has 0 spiro atoms. The van der Waals surface area contributed by atoms with Gasteiger partial charge in [0.15, 0.2) is 0 Å². The Morgan fingerprint density at radius 3 is 2.38 bits per heavy atom. The molecule has 4 nitrogen and oxygen atoms in total. The molecule has 1 aliphatic carbocycles. The molecule has 0 saturated heterocycles. The van der Waals surface area contributed by atoms with Crippen LogP contribution >= 0.6 is 0 Å². The molecule has 0 aromatic rings. The summed E-state index contributed by atoms with van der Waals surface area (Å²) in [5, 5.41) is 2.73. The molecule has 16 heavy (non-hydrogen) atoms. The van der Waals surface area contributed by atoms with E-state index in [9.17, 15) is 9.59 Å². The zero-order valence-electron chi connectivity index (χ0n) is 10.3. The minimum absolute atomic E-state index is 0.130. The maximum atomic E-state index is 11.4. The highest BCUT2D eigenvalue weighted by Crippen LogP contribution is 2.34. The summed E-state index contributed by atoms with van der Waals surface area (Å²) in [6, 6.07) is 0.130. The molecule has 0 bridgehead atoms. The molecule has 4 heteroatoms. The summed E-state index contributed by atoms with van der Waals surface area (Å²) in [5.41, 5.74) is 0.366. The van der Waals surface area contributed by atoms with Crippen molar-refractivity contribution in [1.29, 1.82) is 0 Å². The maximum absolute atomic E-state index is 11.4. The molecule has 1 rings (SSSR count). The van der Waals surface area contributed by atoms with Gasteiger partial charge in [-0.1, -0.05) is 13.8 Å². The first-order chi connectivity index (χ1) is 7.44. The Bertz CT molecular complexity index is 263. The van der Waals surface area contributed by atoms with E-state index in [1.807, 2.05) is 0 Å². The highest BCUT2D eigenvalue weighted by atomic mass is 16.5. The predicted octanol–water partition coefficient (Wildman–Crippen LogP) is 1.63. The van der Waals surface area contributed by atoms with Gasteiger partial charge < -0.3 is 10.1 Å². The zero-order chi connectivity index (χ0) is 12.2. The van der Waals surface area contributed by atoms with E-state index < -0.39 is 11.9 Å². The Labute approximate surface area is 96.7 Å². The standard InChI is InChI=1S/C12H21NO3/c1-4-16-11(15)10(14)13-9-5-7-12(2,3)8-6-9/h9H,4-8H2,1-3H3,(H,13,14). The van der Waals surface area contributed by atoms with E-state index in [0.717, 1.165) is 25.7 Å². The van der Waals surface area contributed by atoms with Gasteiger partial charge in [-0.3, -0.25) is 4.79 Å². The van der Waals surface area contributed by atoms with Crippen molar-refractivity contribution in [1.82, 2.24) is 5.32 Å². The van der Waals surface area contributed by atoms with E-state index in [0.29, 0.717) is 5.41 Å². The molecule has 1 N–H and O–H groups in total. The highest BCUT2D eigenvalue weighted by Gasteiger charge is 2.28. The minimum atomic E-state index is -0.771. The van der Waals surface area contributed by atoms with Gasteiger partial charge in [-0.15, -0.1) is 0 Å². The van der Waals surface area contributed by atoms with E-state index in [1.54, 1.807) is 6.92 Å². The Morgan fingerprint density at radius 2 is 1.88 bits per heavy atom. The molecule has 1 fully saturated rings. The van der Waals surface area contributed by atoms with Gasteiger partial charge in [-0.05, 0) is 38.0 Å². The molecular formula is C12H21NO3. The van der Waals surface area contributed by atoms with Gasteiger partial charge >= 0.3 is 11.9 Å². The Morgan fingerprint density at radius 1 is 1.31 bits per heavy atom. The van der Waals surface area contributed by atoms with Crippen molar-refractivity contribution >= 4 is 11.9 Å². The average molecular weight is 227 g/mol. The fraction of sp³-hybridized carbons (Fsp3) is 0.833. The van der Waals surface area contributed by atoms with Crippen LogP contribution < -0.4 is 5.32 Å². The molecule has 1 amide bonds. The number of carbonyl (C=O) groups is 2. The largest absolute Gasteiger partial charge is 0.459 e. The van der Waals surface area contributed by atoms with Gasteiger partial charge in [-0.25, -0.2) is 4.79 Å².